The van der Waals surface area contributed by atoms with Gasteiger partial charge in [-0.15, -0.1) is 0 Å². The maximum Gasteiger partial charge on any atom is 0.343 e. The van der Waals surface area contributed by atoms with Crippen LogP contribution in [0.3, 0.4) is 0 Å². The second kappa shape index (κ2) is 11.2. The molecule has 0 radical (unpaired) electrons. The standard InChI is InChI=1S/C23H20BrNO7S/c1-3-31-18-10-14(9-16(24)21(18)32-13-20(27)30-2)11-19-22(28)25(23(29)33-19)12-17(26)15-7-5-4-6-8-15/h4-11H,3,12-13H2,1-2H3/b19-11-. The summed E-state index contributed by atoms with van der Waals surface area (Å²) in [4.78, 5) is 50.2. The fourth-order valence-electron chi connectivity index (χ4n) is 2.91. The van der Waals surface area contributed by atoms with Gasteiger partial charge < -0.3 is 14.2 Å². The summed E-state index contributed by atoms with van der Waals surface area (Å²) in [6.45, 7) is 1.49. The van der Waals surface area contributed by atoms with Gasteiger partial charge in [0.2, 0.25) is 0 Å². The number of hydrogen-bond acceptors (Lipinski definition) is 8. The molecule has 2 aromatic rings. The van der Waals surface area contributed by atoms with Gasteiger partial charge in [0, 0.05) is 5.56 Å². The molecule has 1 saturated heterocycles. The molecule has 1 aliphatic heterocycles. The van der Waals surface area contributed by atoms with E-state index in [1.54, 1.807) is 49.4 Å². The lowest BCUT2D eigenvalue weighted by molar-refractivity contribution is -0.143. The number of esters is 1. The molecule has 3 rings (SSSR count). The van der Waals surface area contributed by atoms with Crippen LogP contribution < -0.4 is 9.47 Å². The number of carbonyl (C=O) groups excluding carboxylic acids is 4. The maximum atomic E-state index is 12.8. The molecular weight excluding hydrogens is 514 g/mol. The summed E-state index contributed by atoms with van der Waals surface area (Å²) in [5.74, 6) is -0.768. The van der Waals surface area contributed by atoms with Crippen molar-refractivity contribution in [1.29, 1.82) is 0 Å². The molecule has 1 aliphatic rings. The molecule has 0 saturated carbocycles. The first-order valence-corrected chi connectivity index (χ1v) is 11.4. The Morgan fingerprint density at radius 2 is 1.85 bits per heavy atom. The average molecular weight is 534 g/mol. The van der Waals surface area contributed by atoms with E-state index >= 15 is 0 Å². The van der Waals surface area contributed by atoms with Crippen LogP contribution in [0.25, 0.3) is 6.08 Å². The predicted octanol–water partition coefficient (Wildman–Crippen LogP) is 4.32. The third kappa shape index (κ3) is 6.02. The highest BCUT2D eigenvalue weighted by Crippen LogP contribution is 2.39. The number of Topliss-reactive ketones (excluding diaryl/α,β-unsaturated/α-hetero) is 1. The first kappa shape index (κ1) is 24.5. The van der Waals surface area contributed by atoms with Crippen LogP contribution >= 0.6 is 27.7 Å². The van der Waals surface area contributed by atoms with Crippen molar-refractivity contribution < 1.29 is 33.4 Å². The Bertz CT molecular complexity index is 1120. The average Bonchev–Trinajstić information content (AvgIpc) is 3.06. The molecule has 1 fully saturated rings. The molecule has 0 bridgehead atoms. The fourth-order valence-corrected chi connectivity index (χ4v) is 4.32. The van der Waals surface area contributed by atoms with Gasteiger partial charge in [0.15, 0.2) is 23.9 Å². The zero-order valence-corrected chi connectivity index (χ0v) is 20.2. The predicted molar refractivity (Wildman–Crippen MR) is 126 cm³/mol. The summed E-state index contributed by atoms with van der Waals surface area (Å²) in [5.41, 5.74) is 0.990. The second-order valence-corrected chi connectivity index (χ2v) is 8.53. The van der Waals surface area contributed by atoms with Crippen molar-refractivity contribution in [3.8, 4) is 11.5 Å². The molecule has 2 amide bonds. The van der Waals surface area contributed by atoms with E-state index < -0.39 is 17.1 Å². The first-order chi connectivity index (χ1) is 15.8. The second-order valence-electron chi connectivity index (χ2n) is 6.68. The number of ether oxygens (including phenoxy) is 3. The number of amides is 2. The quantitative estimate of drug-likeness (QED) is 0.267. The summed E-state index contributed by atoms with van der Waals surface area (Å²) in [6.07, 6.45) is 1.54. The van der Waals surface area contributed by atoms with Crippen LogP contribution in [-0.2, 0) is 14.3 Å². The van der Waals surface area contributed by atoms with Crippen LogP contribution in [0.4, 0.5) is 4.79 Å². The molecule has 172 valence electrons. The fraction of sp³-hybridized carbons (Fsp3) is 0.217. The number of imide groups is 1. The van der Waals surface area contributed by atoms with Crippen molar-refractivity contribution in [1.82, 2.24) is 4.90 Å². The van der Waals surface area contributed by atoms with Gasteiger partial charge in [-0.3, -0.25) is 19.3 Å². The van der Waals surface area contributed by atoms with Gasteiger partial charge in [0.25, 0.3) is 11.1 Å². The highest BCUT2D eigenvalue weighted by molar-refractivity contribution is 9.10. The van der Waals surface area contributed by atoms with Crippen LogP contribution in [0, 0.1) is 0 Å². The van der Waals surface area contributed by atoms with E-state index in [2.05, 4.69) is 20.7 Å². The zero-order chi connectivity index (χ0) is 24.0. The number of halogens is 1. The number of carbonyl (C=O) groups is 4. The number of thioether (sulfide) groups is 1. The van der Waals surface area contributed by atoms with Gasteiger partial charge in [-0.2, -0.15) is 0 Å². The number of hydrogen-bond donors (Lipinski definition) is 0. The Balaban J connectivity index is 1.82. The molecule has 8 nitrogen and oxygen atoms in total. The lowest BCUT2D eigenvalue weighted by atomic mass is 10.1. The van der Waals surface area contributed by atoms with E-state index in [-0.39, 0.29) is 23.8 Å². The molecule has 0 aromatic heterocycles. The maximum absolute atomic E-state index is 12.8. The van der Waals surface area contributed by atoms with Gasteiger partial charge in [-0.05, 0) is 58.4 Å². The number of nitrogens with zero attached hydrogens (tertiary/aromatic N) is 1. The lowest BCUT2D eigenvalue weighted by Crippen LogP contribution is -2.33. The summed E-state index contributed by atoms with van der Waals surface area (Å²) < 4.78 is 16.2. The Kier molecular flexibility index (Phi) is 8.29. The Morgan fingerprint density at radius 3 is 2.52 bits per heavy atom. The summed E-state index contributed by atoms with van der Waals surface area (Å²) in [5, 5.41) is -0.516. The normalized spacial score (nSPS) is 14.5. The molecule has 33 heavy (non-hydrogen) atoms. The van der Waals surface area contributed by atoms with Crippen molar-refractivity contribution in [3.05, 3.63) is 63.0 Å². The smallest absolute Gasteiger partial charge is 0.343 e. The van der Waals surface area contributed by atoms with Gasteiger partial charge in [0.1, 0.15) is 0 Å². The zero-order valence-electron chi connectivity index (χ0n) is 17.8. The third-order valence-electron chi connectivity index (χ3n) is 4.46. The Labute approximate surface area is 203 Å². The van der Waals surface area contributed by atoms with E-state index in [9.17, 15) is 19.2 Å². The summed E-state index contributed by atoms with van der Waals surface area (Å²) in [7, 11) is 1.26. The van der Waals surface area contributed by atoms with E-state index in [0.29, 0.717) is 33.7 Å². The van der Waals surface area contributed by atoms with E-state index in [0.717, 1.165) is 16.7 Å². The number of benzene rings is 2. The first-order valence-electron chi connectivity index (χ1n) is 9.83. The molecule has 1 heterocycles. The van der Waals surface area contributed by atoms with Gasteiger partial charge in [-0.25, -0.2) is 4.79 Å². The SMILES string of the molecule is CCOc1cc(/C=C2\SC(=O)N(CC(=O)c3ccccc3)C2=O)cc(Br)c1OCC(=O)OC. The van der Waals surface area contributed by atoms with E-state index in [4.69, 9.17) is 9.47 Å². The van der Waals surface area contributed by atoms with Gasteiger partial charge in [0.05, 0.1) is 29.6 Å². The van der Waals surface area contributed by atoms with E-state index in [1.807, 2.05) is 0 Å². The van der Waals surface area contributed by atoms with Crippen molar-refractivity contribution in [3.63, 3.8) is 0 Å². The molecular formula is C23H20BrNO7S. The molecule has 0 unspecified atom stereocenters. The Morgan fingerprint density at radius 1 is 1.12 bits per heavy atom. The van der Waals surface area contributed by atoms with Gasteiger partial charge >= 0.3 is 5.97 Å². The molecule has 0 aliphatic carbocycles. The molecule has 2 aromatic carbocycles. The van der Waals surface area contributed by atoms with Crippen LogP contribution in [0.15, 0.2) is 51.8 Å². The van der Waals surface area contributed by atoms with Crippen molar-refractivity contribution >= 4 is 56.7 Å². The lowest BCUT2D eigenvalue weighted by Gasteiger charge is -2.14. The highest BCUT2D eigenvalue weighted by Gasteiger charge is 2.36. The van der Waals surface area contributed by atoms with Crippen LogP contribution in [0.1, 0.15) is 22.8 Å². The van der Waals surface area contributed by atoms with Crippen LogP contribution in [0.2, 0.25) is 0 Å². The molecule has 0 atom stereocenters. The van der Waals surface area contributed by atoms with Gasteiger partial charge in [-0.1, -0.05) is 30.3 Å². The monoisotopic (exact) mass is 533 g/mol. The van der Waals surface area contributed by atoms with Crippen LogP contribution in [-0.4, -0.2) is 54.7 Å². The topological polar surface area (TPSA) is 99.2 Å². The van der Waals surface area contributed by atoms with Crippen molar-refractivity contribution in [2.45, 2.75) is 6.92 Å². The number of rotatable bonds is 9. The minimum atomic E-state index is -0.549. The summed E-state index contributed by atoms with van der Waals surface area (Å²) in [6, 6.07) is 11.8. The molecule has 0 spiro atoms. The molecule has 0 N–H and O–H groups in total. The highest BCUT2D eigenvalue weighted by atomic mass is 79.9. The summed E-state index contributed by atoms with van der Waals surface area (Å²) >= 11 is 4.14. The largest absolute Gasteiger partial charge is 0.490 e. The van der Waals surface area contributed by atoms with Crippen LogP contribution in [0.5, 0.6) is 11.5 Å². The molecule has 10 heteroatoms. The Hall–Kier alpha value is -3.11. The minimum Gasteiger partial charge on any atom is -0.490 e. The minimum absolute atomic E-state index is 0.179. The number of methoxy groups -OCH3 is 1. The van der Waals surface area contributed by atoms with Crippen molar-refractivity contribution in [2.24, 2.45) is 0 Å². The van der Waals surface area contributed by atoms with Crippen molar-refractivity contribution in [2.75, 3.05) is 26.9 Å². The third-order valence-corrected chi connectivity index (χ3v) is 5.96. The number of ketones is 1. The van der Waals surface area contributed by atoms with E-state index in [1.165, 1.54) is 13.2 Å².